The number of halogens is 1. The number of nitrogens with two attached hydrogens (primary N) is 1. The van der Waals surface area contributed by atoms with Gasteiger partial charge in [-0.1, -0.05) is 0 Å². The molecule has 0 saturated heterocycles. The van der Waals surface area contributed by atoms with Crippen LogP contribution in [-0.4, -0.2) is 21.4 Å². The Morgan fingerprint density at radius 3 is 3.00 bits per heavy atom. The summed E-state index contributed by atoms with van der Waals surface area (Å²) in [7, 11) is 0. The third kappa shape index (κ3) is 1.38. The minimum Gasteiger partial charge on any atom is -0.367 e. The molecule has 50 valence electrons. The van der Waals surface area contributed by atoms with Gasteiger partial charge in [0, 0.05) is 0 Å². The van der Waals surface area contributed by atoms with E-state index in [9.17, 15) is 4.39 Å². The highest BCUT2D eigenvalue weighted by Gasteiger charge is 1.92. The molecule has 0 aliphatic rings. The number of hydrogen-bond donors (Lipinski definition) is 1. The summed E-state index contributed by atoms with van der Waals surface area (Å²) in [6.07, 6.45) is 1.40. The average molecular weight is 130 g/mol. The number of nitrogens with zero attached hydrogens (tertiary/aromatic N) is 3. The Morgan fingerprint density at radius 1 is 1.78 bits per heavy atom. The maximum atomic E-state index is 11.6. The molecule has 5 heteroatoms. The Labute approximate surface area is 51.5 Å². The van der Waals surface area contributed by atoms with E-state index in [-0.39, 0.29) is 12.5 Å². The molecule has 0 aliphatic heterocycles. The van der Waals surface area contributed by atoms with Gasteiger partial charge in [0.25, 0.3) is 0 Å². The third-order valence-corrected chi connectivity index (χ3v) is 0.868. The predicted octanol–water partition coefficient (Wildman–Crippen LogP) is -0.170. The number of anilines is 1. The van der Waals surface area contributed by atoms with Crippen LogP contribution in [0.5, 0.6) is 0 Å². The fraction of sp³-hybridized carbons (Fsp3) is 0.500. The highest BCUT2D eigenvalue weighted by Crippen LogP contribution is 1.88. The van der Waals surface area contributed by atoms with Crippen molar-refractivity contribution < 1.29 is 4.39 Å². The molecular weight excluding hydrogens is 123 g/mol. The molecule has 0 radical (unpaired) electrons. The van der Waals surface area contributed by atoms with E-state index in [0.29, 0.717) is 0 Å². The lowest BCUT2D eigenvalue weighted by atomic mass is 10.7. The molecule has 0 spiro atoms. The van der Waals surface area contributed by atoms with E-state index < -0.39 is 6.67 Å². The molecule has 4 nitrogen and oxygen atoms in total. The Hall–Kier alpha value is -1.13. The van der Waals surface area contributed by atoms with Crippen molar-refractivity contribution in [3.8, 4) is 0 Å². The quantitative estimate of drug-likeness (QED) is 0.604. The van der Waals surface area contributed by atoms with Crippen LogP contribution >= 0.6 is 0 Å². The first-order valence-electron chi connectivity index (χ1n) is 2.54. The van der Waals surface area contributed by atoms with Crippen LogP contribution in [0.25, 0.3) is 0 Å². The molecule has 0 bridgehead atoms. The molecule has 1 rings (SSSR count). The van der Waals surface area contributed by atoms with E-state index in [2.05, 4.69) is 10.1 Å². The van der Waals surface area contributed by atoms with Gasteiger partial charge in [-0.05, 0) is 0 Å². The van der Waals surface area contributed by atoms with Crippen LogP contribution < -0.4 is 5.73 Å². The van der Waals surface area contributed by atoms with Gasteiger partial charge in [-0.15, -0.1) is 5.10 Å². The predicted molar refractivity (Wildman–Crippen MR) is 30.4 cm³/mol. The first-order chi connectivity index (χ1) is 4.33. The van der Waals surface area contributed by atoms with Gasteiger partial charge in [-0.25, -0.2) is 14.1 Å². The molecule has 0 saturated carbocycles. The molecule has 9 heavy (non-hydrogen) atoms. The highest BCUT2D eigenvalue weighted by molar-refractivity contribution is 5.08. The van der Waals surface area contributed by atoms with Crippen molar-refractivity contribution in [3.63, 3.8) is 0 Å². The van der Waals surface area contributed by atoms with E-state index in [1.54, 1.807) is 0 Å². The maximum Gasteiger partial charge on any atom is 0.239 e. The summed E-state index contributed by atoms with van der Waals surface area (Å²) < 4.78 is 12.9. The molecule has 1 aromatic heterocycles. The summed E-state index contributed by atoms with van der Waals surface area (Å²) >= 11 is 0. The molecule has 0 atom stereocenters. The Balaban J connectivity index is 2.61. The summed E-state index contributed by atoms with van der Waals surface area (Å²) in [5, 5.41) is 3.64. The monoisotopic (exact) mass is 130 g/mol. The zero-order valence-corrected chi connectivity index (χ0v) is 4.79. The Kier molecular flexibility index (Phi) is 1.62. The van der Waals surface area contributed by atoms with Crippen LogP contribution in [0.4, 0.5) is 10.3 Å². The second-order valence-electron chi connectivity index (χ2n) is 1.55. The molecule has 0 amide bonds. The molecule has 0 aliphatic carbocycles. The number of rotatable bonds is 2. The van der Waals surface area contributed by atoms with Gasteiger partial charge in [0.05, 0.1) is 6.54 Å². The lowest BCUT2D eigenvalue weighted by Crippen LogP contribution is -2.00. The molecule has 1 heterocycles. The van der Waals surface area contributed by atoms with Crippen molar-refractivity contribution in [3.05, 3.63) is 6.33 Å². The van der Waals surface area contributed by atoms with Crippen molar-refractivity contribution >= 4 is 5.95 Å². The van der Waals surface area contributed by atoms with E-state index in [0.717, 1.165) is 0 Å². The molecule has 0 fully saturated rings. The van der Waals surface area contributed by atoms with E-state index in [4.69, 9.17) is 5.73 Å². The van der Waals surface area contributed by atoms with Gasteiger partial charge in [-0.2, -0.15) is 0 Å². The fourth-order valence-corrected chi connectivity index (χ4v) is 0.503. The summed E-state index contributed by atoms with van der Waals surface area (Å²) in [4.78, 5) is 3.60. The zero-order valence-electron chi connectivity index (χ0n) is 4.79. The first-order valence-corrected chi connectivity index (χ1v) is 2.54. The topological polar surface area (TPSA) is 56.7 Å². The highest BCUT2D eigenvalue weighted by atomic mass is 19.1. The Bertz CT molecular complexity index is 184. The van der Waals surface area contributed by atoms with Crippen LogP contribution in [0.1, 0.15) is 0 Å². The van der Waals surface area contributed by atoms with Crippen LogP contribution in [0.3, 0.4) is 0 Å². The Morgan fingerprint density at radius 2 is 2.56 bits per heavy atom. The SMILES string of the molecule is Nc1ncn(CCF)n1. The van der Waals surface area contributed by atoms with Gasteiger partial charge in [0.1, 0.15) is 13.0 Å². The largest absolute Gasteiger partial charge is 0.367 e. The van der Waals surface area contributed by atoms with Crippen molar-refractivity contribution in [2.75, 3.05) is 12.4 Å². The van der Waals surface area contributed by atoms with Crippen LogP contribution in [0, 0.1) is 0 Å². The number of aryl methyl sites for hydroxylation is 1. The van der Waals surface area contributed by atoms with Gasteiger partial charge in [0.15, 0.2) is 0 Å². The molecule has 2 N–H and O–H groups in total. The molecule has 0 unspecified atom stereocenters. The van der Waals surface area contributed by atoms with Crippen molar-refractivity contribution in [1.82, 2.24) is 14.8 Å². The maximum absolute atomic E-state index is 11.6. The van der Waals surface area contributed by atoms with Crippen molar-refractivity contribution in [2.45, 2.75) is 6.54 Å². The summed E-state index contributed by atoms with van der Waals surface area (Å²) in [5.74, 6) is 0.184. The van der Waals surface area contributed by atoms with Crippen LogP contribution in [-0.2, 0) is 6.54 Å². The van der Waals surface area contributed by atoms with E-state index in [1.165, 1.54) is 11.0 Å². The minimum atomic E-state index is -0.442. The zero-order chi connectivity index (χ0) is 6.69. The van der Waals surface area contributed by atoms with Gasteiger partial charge < -0.3 is 5.73 Å². The van der Waals surface area contributed by atoms with Gasteiger partial charge in [0.2, 0.25) is 5.95 Å². The second-order valence-corrected chi connectivity index (χ2v) is 1.55. The summed E-state index contributed by atoms with van der Waals surface area (Å²) in [5.41, 5.74) is 5.14. The molecule has 0 aromatic carbocycles. The number of nitrogen functional groups attached to an aromatic ring is 1. The number of aromatic nitrogens is 3. The molecular formula is C4H7FN4. The van der Waals surface area contributed by atoms with E-state index >= 15 is 0 Å². The van der Waals surface area contributed by atoms with Gasteiger partial charge >= 0.3 is 0 Å². The average Bonchev–Trinajstić information content (AvgIpc) is 2.17. The number of hydrogen-bond acceptors (Lipinski definition) is 3. The minimum absolute atomic E-state index is 0.184. The first kappa shape index (κ1) is 6.00. The third-order valence-electron chi connectivity index (χ3n) is 0.868. The van der Waals surface area contributed by atoms with Crippen LogP contribution in [0.15, 0.2) is 6.33 Å². The van der Waals surface area contributed by atoms with Crippen molar-refractivity contribution in [1.29, 1.82) is 0 Å². The lowest BCUT2D eigenvalue weighted by molar-refractivity contribution is 0.427. The lowest BCUT2D eigenvalue weighted by Gasteiger charge is -1.89. The fourth-order valence-electron chi connectivity index (χ4n) is 0.503. The molecule has 1 aromatic rings. The summed E-state index contributed by atoms with van der Waals surface area (Å²) in [6.45, 7) is -0.215. The van der Waals surface area contributed by atoms with Gasteiger partial charge in [-0.3, -0.25) is 0 Å². The van der Waals surface area contributed by atoms with E-state index in [1.807, 2.05) is 0 Å². The smallest absolute Gasteiger partial charge is 0.239 e. The van der Waals surface area contributed by atoms with Crippen LogP contribution in [0.2, 0.25) is 0 Å². The second kappa shape index (κ2) is 2.43. The number of alkyl halides is 1. The summed E-state index contributed by atoms with van der Waals surface area (Å²) in [6, 6.07) is 0. The normalized spacial score (nSPS) is 9.89. The standard InChI is InChI=1S/C4H7FN4/c5-1-2-9-3-7-4(6)8-9/h3H,1-2H2,(H2,6,8). The van der Waals surface area contributed by atoms with Crippen molar-refractivity contribution in [2.24, 2.45) is 0 Å².